The quantitative estimate of drug-likeness (QED) is 0.416. The number of carbonyl (C=O) groups excluding carboxylic acids is 1. The molecule has 0 spiro atoms. The van der Waals surface area contributed by atoms with Gasteiger partial charge in [0, 0.05) is 30.1 Å². The minimum Gasteiger partial charge on any atom is -0.474 e. The van der Waals surface area contributed by atoms with Crippen LogP contribution in [0.2, 0.25) is 0 Å². The van der Waals surface area contributed by atoms with Crippen molar-refractivity contribution in [2.45, 2.75) is 69.5 Å². The van der Waals surface area contributed by atoms with Crippen LogP contribution in [-0.2, 0) is 32.2 Å². The van der Waals surface area contributed by atoms with E-state index in [-0.39, 0.29) is 35.1 Å². The summed E-state index contributed by atoms with van der Waals surface area (Å²) in [5.41, 5.74) is 1.56. The van der Waals surface area contributed by atoms with E-state index in [4.69, 9.17) is 4.74 Å². The van der Waals surface area contributed by atoms with Crippen LogP contribution >= 0.6 is 0 Å². The molecule has 4 rings (SSSR count). The lowest BCUT2D eigenvalue weighted by molar-refractivity contribution is -0.123. The van der Waals surface area contributed by atoms with Gasteiger partial charge in [0.2, 0.25) is 5.88 Å². The molecule has 3 heterocycles. The Balaban J connectivity index is 1.46. The van der Waals surface area contributed by atoms with E-state index in [1.807, 2.05) is 19.9 Å². The van der Waals surface area contributed by atoms with Gasteiger partial charge in [-0.05, 0) is 58.7 Å². The molecule has 1 aliphatic rings. The van der Waals surface area contributed by atoms with E-state index in [1.165, 1.54) is 6.20 Å². The van der Waals surface area contributed by atoms with Crippen molar-refractivity contribution in [3.63, 3.8) is 0 Å². The van der Waals surface area contributed by atoms with E-state index in [0.717, 1.165) is 5.56 Å². The van der Waals surface area contributed by atoms with Crippen LogP contribution in [0.15, 0.2) is 43.0 Å². The average molecular weight is 496 g/mol. The predicted molar refractivity (Wildman–Crippen MR) is 130 cm³/mol. The molecule has 0 unspecified atom stereocenters. The van der Waals surface area contributed by atoms with Crippen molar-refractivity contribution in [1.82, 2.24) is 24.9 Å². The van der Waals surface area contributed by atoms with Crippen LogP contribution in [0.25, 0.3) is 11.3 Å². The van der Waals surface area contributed by atoms with E-state index in [1.54, 1.807) is 44.6 Å². The number of Topliss-reactive ketones (excluding diaryl/α,β-unsaturated/α-hetero) is 1. The number of pyridine rings is 1. The first-order valence-corrected chi connectivity index (χ1v) is 13.3. The van der Waals surface area contributed by atoms with Gasteiger partial charge in [-0.15, -0.1) is 0 Å². The smallest absolute Gasteiger partial charge is 0.233 e. The average Bonchev–Trinajstić information content (AvgIpc) is 3.66. The van der Waals surface area contributed by atoms with Crippen LogP contribution < -0.4 is 4.74 Å². The van der Waals surface area contributed by atoms with Gasteiger partial charge < -0.3 is 4.74 Å². The summed E-state index contributed by atoms with van der Waals surface area (Å²) in [6.07, 6.45) is 7.85. The topological polar surface area (TPSA) is 125 Å². The second-order valence-electron chi connectivity index (χ2n) is 9.54. The van der Waals surface area contributed by atoms with Crippen molar-refractivity contribution >= 4 is 15.6 Å². The number of rotatable bonds is 10. The normalized spacial score (nSPS) is 14.2. The Morgan fingerprint density at radius 2 is 1.86 bits per heavy atom. The Morgan fingerprint density at radius 3 is 2.51 bits per heavy atom. The number of carbonyl (C=O) groups is 1. The largest absolute Gasteiger partial charge is 0.474 e. The van der Waals surface area contributed by atoms with Gasteiger partial charge in [-0.1, -0.05) is 0 Å². The minimum absolute atomic E-state index is 0.0111. The van der Waals surface area contributed by atoms with Gasteiger partial charge in [0.25, 0.3) is 0 Å². The molecular weight excluding hydrogens is 466 g/mol. The summed E-state index contributed by atoms with van der Waals surface area (Å²) < 4.78 is 30.2. The summed E-state index contributed by atoms with van der Waals surface area (Å²) in [5.74, 6) is 0.375. The maximum Gasteiger partial charge on any atom is 0.233 e. The number of aromatic nitrogens is 5. The number of hydrogen-bond acceptors (Lipinski definition) is 9. The molecule has 0 amide bonds. The fourth-order valence-electron chi connectivity index (χ4n) is 3.54. The lowest BCUT2D eigenvalue weighted by Gasteiger charge is -2.22. The molecular formula is C25H29N5O4S. The molecule has 3 aromatic heterocycles. The SMILES string of the molecule is CC(C)Oc1cncc(-c2ccc(CC(=O)C(C)(C)c3ccnc(CS(=O)(=O)C4CC4)n3)nc2)n1. The first-order chi connectivity index (χ1) is 16.5. The third-order valence-corrected chi connectivity index (χ3v) is 7.98. The third kappa shape index (κ3) is 6.05. The molecule has 0 atom stereocenters. The van der Waals surface area contributed by atoms with Crippen LogP contribution in [0, 0.1) is 0 Å². The van der Waals surface area contributed by atoms with Crippen molar-refractivity contribution in [2.24, 2.45) is 0 Å². The van der Waals surface area contributed by atoms with Crippen molar-refractivity contribution in [3.05, 3.63) is 60.2 Å². The van der Waals surface area contributed by atoms with Crippen LogP contribution in [0.1, 0.15) is 57.7 Å². The van der Waals surface area contributed by atoms with Gasteiger partial charge in [-0.3, -0.25) is 14.8 Å². The van der Waals surface area contributed by atoms with Crippen LogP contribution in [0.4, 0.5) is 0 Å². The number of hydrogen-bond donors (Lipinski definition) is 0. The van der Waals surface area contributed by atoms with E-state index in [9.17, 15) is 13.2 Å². The summed E-state index contributed by atoms with van der Waals surface area (Å²) in [7, 11) is -3.24. The molecule has 0 bridgehead atoms. The summed E-state index contributed by atoms with van der Waals surface area (Å²) in [4.78, 5) is 34.8. The standard InChI is InChI=1S/C25H29N5O4S/c1-16(2)34-24-14-26-13-20(29-24)17-5-6-18(28-12-17)11-22(31)25(3,4)21-9-10-27-23(30-21)15-35(32,33)19-7-8-19/h5-6,9-10,12-14,16,19H,7-8,11,15H2,1-4H3. The molecule has 1 aliphatic carbocycles. The van der Waals surface area contributed by atoms with Gasteiger partial charge in [0.1, 0.15) is 17.4 Å². The molecule has 0 aromatic carbocycles. The Bertz CT molecular complexity index is 1320. The van der Waals surface area contributed by atoms with Crippen molar-refractivity contribution < 1.29 is 17.9 Å². The fourth-order valence-corrected chi connectivity index (χ4v) is 5.12. The Hall–Kier alpha value is -3.27. The summed E-state index contributed by atoms with van der Waals surface area (Å²) >= 11 is 0. The number of ether oxygens (including phenoxy) is 1. The molecule has 35 heavy (non-hydrogen) atoms. The highest BCUT2D eigenvalue weighted by molar-refractivity contribution is 7.91. The molecule has 0 radical (unpaired) electrons. The van der Waals surface area contributed by atoms with Crippen molar-refractivity contribution in [1.29, 1.82) is 0 Å². The molecule has 184 valence electrons. The number of sulfone groups is 1. The third-order valence-electron chi connectivity index (χ3n) is 5.84. The predicted octanol–water partition coefficient (Wildman–Crippen LogP) is 3.28. The summed E-state index contributed by atoms with van der Waals surface area (Å²) in [6, 6.07) is 5.29. The molecule has 1 fully saturated rings. The summed E-state index contributed by atoms with van der Waals surface area (Å²) in [5, 5.41) is -0.283. The minimum atomic E-state index is -3.24. The zero-order valence-electron chi connectivity index (χ0n) is 20.3. The lowest BCUT2D eigenvalue weighted by atomic mass is 9.82. The first kappa shape index (κ1) is 24.8. The highest BCUT2D eigenvalue weighted by atomic mass is 32.2. The van der Waals surface area contributed by atoms with Gasteiger partial charge >= 0.3 is 0 Å². The number of nitrogens with zero attached hydrogens (tertiary/aromatic N) is 5. The van der Waals surface area contributed by atoms with Crippen LogP contribution in [0.3, 0.4) is 0 Å². The van der Waals surface area contributed by atoms with Crippen LogP contribution in [-0.4, -0.2) is 50.5 Å². The molecule has 0 aliphatic heterocycles. The van der Waals surface area contributed by atoms with Crippen LogP contribution in [0.5, 0.6) is 5.88 Å². The molecule has 10 heteroatoms. The highest BCUT2D eigenvalue weighted by Crippen LogP contribution is 2.31. The Morgan fingerprint density at radius 1 is 1.09 bits per heavy atom. The zero-order valence-corrected chi connectivity index (χ0v) is 21.1. The van der Waals surface area contributed by atoms with Gasteiger partial charge in [-0.2, -0.15) is 0 Å². The van der Waals surface area contributed by atoms with Crippen molar-refractivity contribution in [3.8, 4) is 17.1 Å². The van der Waals surface area contributed by atoms with E-state index >= 15 is 0 Å². The molecule has 9 nitrogen and oxygen atoms in total. The first-order valence-electron chi connectivity index (χ1n) is 11.6. The van der Waals surface area contributed by atoms with E-state index in [2.05, 4.69) is 24.9 Å². The maximum atomic E-state index is 13.2. The molecule has 0 saturated heterocycles. The maximum absolute atomic E-state index is 13.2. The highest BCUT2D eigenvalue weighted by Gasteiger charge is 2.37. The zero-order chi connectivity index (χ0) is 25.2. The second kappa shape index (κ2) is 9.77. The second-order valence-corrected chi connectivity index (χ2v) is 11.8. The summed E-state index contributed by atoms with van der Waals surface area (Å²) in [6.45, 7) is 7.39. The van der Waals surface area contributed by atoms with Gasteiger partial charge in [0.15, 0.2) is 9.84 Å². The van der Waals surface area contributed by atoms with Gasteiger partial charge in [0.05, 0.1) is 40.6 Å². The molecule has 3 aromatic rings. The Kier molecular flexibility index (Phi) is 6.93. The Labute approximate surface area is 205 Å². The lowest BCUT2D eigenvalue weighted by Crippen LogP contribution is -2.32. The van der Waals surface area contributed by atoms with Crippen molar-refractivity contribution in [2.75, 3.05) is 0 Å². The molecule has 0 N–H and O–H groups in total. The van der Waals surface area contributed by atoms with E-state index < -0.39 is 15.3 Å². The molecule has 1 saturated carbocycles. The van der Waals surface area contributed by atoms with E-state index in [0.29, 0.717) is 35.8 Å². The number of ketones is 1. The fraction of sp³-hybridized carbons (Fsp3) is 0.440. The monoisotopic (exact) mass is 495 g/mol. The van der Waals surface area contributed by atoms with Gasteiger partial charge in [-0.25, -0.2) is 23.4 Å².